The van der Waals surface area contributed by atoms with Crippen molar-refractivity contribution in [3.8, 4) is 0 Å². The number of morpholine rings is 1. The lowest BCUT2D eigenvalue weighted by Crippen LogP contribution is -2.41. The standard InChI is InChI=1S/C22H27ClN2O4/c1-15-13-25(9-10-29-15)21-8-3-16(17(14-28-2)12-22(26)27)11-20(21)24-19-6-4-18(23)5-7-19/h3-8,11,15,17,24H,9-10,12-14H2,1-2H3,(H,26,27). The molecule has 0 amide bonds. The molecule has 0 aromatic heterocycles. The van der Waals surface area contributed by atoms with Crippen LogP contribution < -0.4 is 10.2 Å². The molecule has 1 aliphatic rings. The lowest BCUT2D eigenvalue weighted by atomic mass is 9.95. The highest BCUT2D eigenvalue weighted by molar-refractivity contribution is 6.30. The monoisotopic (exact) mass is 418 g/mol. The second-order valence-electron chi connectivity index (χ2n) is 7.29. The number of halogens is 1. The third-order valence-corrected chi connectivity index (χ3v) is 5.24. The zero-order valence-corrected chi connectivity index (χ0v) is 17.5. The summed E-state index contributed by atoms with van der Waals surface area (Å²) in [7, 11) is 1.59. The van der Waals surface area contributed by atoms with Crippen molar-refractivity contribution in [3.05, 3.63) is 53.1 Å². The summed E-state index contributed by atoms with van der Waals surface area (Å²) in [5, 5.41) is 13.4. The van der Waals surface area contributed by atoms with Crippen LogP contribution in [0.15, 0.2) is 42.5 Å². The van der Waals surface area contributed by atoms with E-state index in [1.807, 2.05) is 36.4 Å². The Labute approximate surface area is 176 Å². The fourth-order valence-corrected chi connectivity index (χ4v) is 3.72. The summed E-state index contributed by atoms with van der Waals surface area (Å²) in [5.41, 5.74) is 3.82. The van der Waals surface area contributed by atoms with Crippen molar-refractivity contribution in [2.24, 2.45) is 0 Å². The number of carboxylic acids is 1. The summed E-state index contributed by atoms with van der Waals surface area (Å²) in [4.78, 5) is 13.6. The van der Waals surface area contributed by atoms with E-state index >= 15 is 0 Å². The van der Waals surface area contributed by atoms with Crippen LogP contribution in [0.1, 0.15) is 24.8 Å². The smallest absolute Gasteiger partial charge is 0.304 e. The molecule has 2 atom stereocenters. The zero-order chi connectivity index (χ0) is 20.8. The number of ether oxygens (including phenoxy) is 2. The van der Waals surface area contributed by atoms with Crippen molar-refractivity contribution in [2.75, 3.05) is 43.6 Å². The number of benzene rings is 2. The molecule has 1 aliphatic heterocycles. The van der Waals surface area contributed by atoms with Crippen LogP contribution in [-0.4, -0.2) is 50.6 Å². The van der Waals surface area contributed by atoms with Gasteiger partial charge in [0.2, 0.25) is 0 Å². The molecule has 0 spiro atoms. The van der Waals surface area contributed by atoms with Gasteiger partial charge in [-0.05, 0) is 48.9 Å². The first kappa shape index (κ1) is 21.4. The van der Waals surface area contributed by atoms with E-state index in [4.69, 9.17) is 21.1 Å². The highest BCUT2D eigenvalue weighted by Crippen LogP contribution is 2.34. The number of methoxy groups -OCH3 is 1. The summed E-state index contributed by atoms with van der Waals surface area (Å²) in [6.07, 6.45) is 0.169. The number of carbonyl (C=O) groups is 1. The maximum Gasteiger partial charge on any atom is 0.304 e. The molecule has 2 unspecified atom stereocenters. The molecule has 1 fully saturated rings. The van der Waals surface area contributed by atoms with E-state index in [1.54, 1.807) is 7.11 Å². The molecule has 2 aromatic carbocycles. The third-order valence-electron chi connectivity index (χ3n) is 4.99. The second kappa shape index (κ2) is 9.96. The minimum atomic E-state index is -0.842. The predicted octanol–water partition coefficient (Wildman–Crippen LogP) is 4.51. The number of carboxylic acid groups (broad SMARTS) is 1. The largest absolute Gasteiger partial charge is 0.481 e. The average Bonchev–Trinajstić information content (AvgIpc) is 2.69. The Morgan fingerprint density at radius 3 is 2.76 bits per heavy atom. The number of nitrogens with zero attached hydrogens (tertiary/aromatic N) is 1. The fourth-order valence-electron chi connectivity index (χ4n) is 3.59. The van der Waals surface area contributed by atoms with Gasteiger partial charge in [0.25, 0.3) is 0 Å². The van der Waals surface area contributed by atoms with Crippen LogP contribution in [0.5, 0.6) is 0 Å². The maximum atomic E-state index is 11.3. The minimum Gasteiger partial charge on any atom is -0.481 e. The topological polar surface area (TPSA) is 71.0 Å². The van der Waals surface area contributed by atoms with Crippen molar-refractivity contribution in [3.63, 3.8) is 0 Å². The molecule has 29 heavy (non-hydrogen) atoms. The number of hydrogen-bond donors (Lipinski definition) is 2. The average molecular weight is 419 g/mol. The van der Waals surface area contributed by atoms with Gasteiger partial charge < -0.3 is 24.8 Å². The Kier molecular flexibility index (Phi) is 7.36. The number of nitrogens with one attached hydrogen (secondary N) is 1. The Bertz CT molecular complexity index is 828. The molecule has 0 bridgehead atoms. The van der Waals surface area contributed by atoms with Crippen LogP contribution in [0, 0.1) is 0 Å². The van der Waals surface area contributed by atoms with Gasteiger partial charge in [-0.3, -0.25) is 4.79 Å². The summed E-state index contributed by atoms with van der Waals surface area (Å²) in [6.45, 7) is 4.68. The van der Waals surface area contributed by atoms with Crippen LogP contribution in [-0.2, 0) is 14.3 Å². The summed E-state index contributed by atoms with van der Waals surface area (Å²) >= 11 is 6.01. The molecule has 156 valence electrons. The first-order chi connectivity index (χ1) is 14.0. The highest BCUT2D eigenvalue weighted by atomic mass is 35.5. The molecule has 2 aromatic rings. The van der Waals surface area contributed by atoms with Crippen LogP contribution in [0.4, 0.5) is 17.1 Å². The van der Waals surface area contributed by atoms with Gasteiger partial charge in [0, 0.05) is 36.8 Å². The normalized spacial score (nSPS) is 17.8. The van der Waals surface area contributed by atoms with Gasteiger partial charge >= 0.3 is 5.97 Å². The first-order valence-electron chi connectivity index (χ1n) is 9.70. The van der Waals surface area contributed by atoms with E-state index in [2.05, 4.69) is 23.2 Å². The van der Waals surface area contributed by atoms with Crippen molar-refractivity contribution >= 4 is 34.6 Å². The van der Waals surface area contributed by atoms with Crippen molar-refractivity contribution in [1.29, 1.82) is 0 Å². The number of aliphatic carboxylic acids is 1. The molecule has 7 heteroatoms. The number of hydrogen-bond acceptors (Lipinski definition) is 5. The Morgan fingerprint density at radius 1 is 1.34 bits per heavy atom. The fraction of sp³-hybridized carbons (Fsp3) is 0.409. The first-order valence-corrected chi connectivity index (χ1v) is 10.1. The molecule has 6 nitrogen and oxygen atoms in total. The van der Waals surface area contributed by atoms with Gasteiger partial charge in [-0.2, -0.15) is 0 Å². The quantitative estimate of drug-likeness (QED) is 0.657. The van der Waals surface area contributed by atoms with E-state index in [0.717, 1.165) is 35.7 Å². The molecular weight excluding hydrogens is 392 g/mol. The Hall–Kier alpha value is -2.28. The maximum absolute atomic E-state index is 11.3. The summed E-state index contributed by atoms with van der Waals surface area (Å²) < 4.78 is 10.9. The SMILES string of the molecule is COCC(CC(=O)O)c1ccc(N2CCOC(C)C2)c(Nc2ccc(Cl)cc2)c1. The van der Waals surface area contributed by atoms with E-state index in [9.17, 15) is 9.90 Å². The van der Waals surface area contributed by atoms with Crippen LogP contribution in [0.2, 0.25) is 5.02 Å². The van der Waals surface area contributed by atoms with E-state index < -0.39 is 5.97 Å². The molecule has 2 N–H and O–H groups in total. The van der Waals surface area contributed by atoms with E-state index in [1.165, 1.54) is 0 Å². The highest BCUT2D eigenvalue weighted by Gasteiger charge is 2.22. The van der Waals surface area contributed by atoms with Gasteiger partial charge in [0.05, 0.1) is 37.1 Å². The Balaban J connectivity index is 1.96. The van der Waals surface area contributed by atoms with Crippen LogP contribution >= 0.6 is 11.6 Å². The molecular formula is C22H27ClN2O4. The lowest BCUT2D eigenvalue weighted by molar-refractivity contribution is -0.137. The molecule has 0 radical (unpaired) electrons. The Morgan fingerprint density at radius 2 is 2.10 bits per heavy atom. The van der Waals surface area contributed by atoms with Gasteiger partial charge in [-0.25, -0.2) is 0 Å². The van der Waals surface area contributed by atoms with Crippen molar-refractivity contribution < 1.29 is 19.4 Å². The van der Waals surface area contributed by atoms with Gasteiger partial charge in [0.1, 0.15) is 0 Å². The third kappa shape index (κ3) is 5.85. The lowest BCUT2D eigenvalue weighted by Gasteiger charge is -2.34. The predicted molar refractivity (Wildman–Crippen MR) is 116 cm³/mol. The molecule has 0 aliphatic carbocycles. The molecule has 1 heterocycles. The van der Waals surface area contributed by atoms with Crippen molar-refractivity contribution in [1.82, 2.24) is 0 Å². The molecule has 1 saturated heterocycles. The molecule has 0 saturated carbocycles. The molecule has 3 rings (SSSR count). The number of anilines is 3. The summed E-state index contributed by atoms with van der Waals surface area (Å²) in [5.74, 6) is -1.06. The van der Waals surface area contributed by atoms with E-state index in [0.29, 0.717) is 18.2 Å². The van der Waals surface area contributed by atoms with E-state index in [-0.39, 0.29) is 18.4 Å². The number of rotatable bonds is 8. The van der Waals surface area contributed by atoms with Gasteiger partial charge in [-0.1, -0.05) is 17.7 Å². The summed E-state index contributed by atoms with van der Waals surface area (Å²) in [6, 6.07) is 13.6. The zero-order valence-electron chi connectivity index (χ0n) is 16.7. The second-order valence-corrected chi connectivity index (χ2v) is 7.72. The van der Waals surface area contributed by atoms with Crippen molar-refractivity contribution in [2.45, 2.75) is 25.4 Å². The van der Waals surface area contributed by atoms with Crippen LogP contribution in [0.3, 0.4) is 0 Å². The minimum absolute atomic E-state index is 0.0160. The van der Waals surface area contributed by atoms with Gasteiger partial charge in [-0.15, -0.1) is 0 Å². The van der Waals surface area contributed by atoms with Crippen LogP contribution in [0.25, 0.3) is 0 Å². The van der Waals surface area contributed by atoms with Gasteiger partial charge in [0.15, 0.2) is 0 Å².